The number of nitrogens with one attached hydrogen (secondary N) is 1. The summed E-state index contributed by atoms with van der Waals surface area (Å²) >= 11 is 0. The maximum absolute atomic E-state index is 5.80. The molecule has 0 amide bonds. The van der Waals surface area contributed by atoms with Crippen molar-refractivity contribution in [3.63, 3.8) is 0 Å². The molecule has 0 spiro atoms. The second kappa shape index (κ2) is 8.26. The molecule has 0 fully saturated rings. The van der Waals surface area contributed by atoms with E-state index >= 15 is 0 Å². The third-order valence-electron chi connectivity index (χ3n) is 3.16. The van der Waals surface area contributed by atoms with Gasteiger partial charge >= 0.3 is 0 Å². The van der Waals surface area contributed by atoms with Gasteiger partial charge in [-0.25, -0.2) is 0 Å². The van der Waals surface area contributed by atoms with Gasteiger partial charge in [-0.05, 0) is 25.3 Å². The largest absolute Gasteiger partial charge is 0.373 e. The highest BCUT2D eigenvalue weighted by molar-refractivity contribution is 5.16. The first-order valence-corrected chi connectivity index (χ1v) is 6.67. The molecule has 0 saturated carbocycles. The highest BCUT2D eigenvalue weighted by Gasteiger charge is 2.05. The molecular formula is C15H25NO. The fourth-order valence-corrected chi connectivity index (χ4v) is 1.90. The molecule has 1 unspecified atom stereocenters. The van der Waals surface area contributed by atoms with Crippen LogP contribution in [-0.2, 0) is 4.74 Å². The molecule has 1 aromatic rings. The van der Waals surface area contributed by atoms with E-state index in [4.69, 9.17) is 4.74 Å². The van der Waals surface area contributed by atoms with E-state index in [0.717, 1.165) is 13.2 Å². The summed E-state index contributed by atoms with van der Waals surface area (Å²) in [6.07, 6.45) is 2.55. The summed E-state index contributed by atoms with van der Waals surface area (Å²) in [7, 11) is 0. The van der Waals surface area contributed by atoms with Gasteiger partial charge in [0.15, 0.2) is 0 Å². The van der Waals surface area contributed by atoms with E-state index in [2.05, 4.69) is 50.4 Å². The first kappa shape index (κ1) is 14.2. The van der Waals surface area contributed by atoms with Gasteiger partial charge in [0, 0.05) is 12.6 Å². The van der Waals surface area contributed by atoms with Gasteiger partial charge in [-0.1, -0.05) is 44.2 Å². The number of ether oxygens (including phenoxy) is 1. The third-order valence-corrected chi connectivity index (χ3v) is 3.16. The van der Waals surface area contributed by atoms with Crippen molar-refractivity contribution >= 4 is 0 Å². The van der Waals surface area contributed by atoms with E-state index in [-0.39, 0.29) is 6.10 Å². The lowest BCUT2D eigenvalue weighted by molar-refractivity contribution is 0.0662. The van der Waals surface area contributed by atoms with Crippen molar-refractivity contribution in [3.8, 4) is 0 Å². The van der Waals surface area contributed by atoms with E-state index in [9.17, 15) is 0 Å². The first-order valence-electron chi connectivity index (χ1n) is 6.67. The SMILES string of the molecule is CCC(CC)NCCOC(C)c1ccccc1. The van der Waals surface area contributed by atoms with Crippen LogP contribution in [0.3, 0.4) is 0 Å². The molecule has 1 aromatic carbocycles. The number of hydrogen-bond acceptors (Lipinski definition) is 2. The molecule has 1 rings (SSSR count). The van der Waals surface area contributed by atoms with Crippen LogP contribution >= 0.6 is 0 Å². The molecule has 0 aliphatic carbocycles. The Hall–Kier alpha value is -0.860. The Morgan fingerprint density at radius 2 is 1.76 bits per heavy atom. The van der Waals surface area contributed by atoms with Crippen LogP contribution in [0.4, 0.5) is 0 Å². The molecule has 1 atom stereocenters. The van der Waals surface area contributed by atoms with E-state index in [0.29, 0.717) is 6.04 Å². The normalized spacial score (nSPS) is 12.9. The van der Waals surface area contributed by atoms with Crippen molar-refractivity contribution in [2.45, 2.75) is 45.8 Å². The Kier molecular flexibility index (Phi) is 6.90. The van der Waals surface area contributed by atoms with Crippen molar-refractivity contribution in [3.05, 3.63) is 35.9 Å². The predicted octanol–water partition coefficient (Wildman–Crippen LogP) is 3.54. The minimum atomic E-state index is 0.180. The first-order chi connectivity index (χ1) is 8.27. The van der Waals surface area contributed by atoms with Crippen LogP contribution in [-0.4, -0.2) is 19.2 Å². The molecule has 0 heterocycles. The second-order valence-corrected chi connectivity index (χ2v) is 4.39. The monoisotopic (exact) mass is 235 g/mol. The third kappa shape index (κ3) is 5.33. The van der Waals surface area contributed by atoms with Gasteiger partial charge < -0.3 is 10.1 Å². The maximum Gasteiger partial charge on any atom is 0.0797 e. The van der Waals surface area contributed by atoms with Gasteiger partial charge in [0.05, 0.1) is 12.7 Å². The van der Waals surface area contributed by atoms with E-state index in [1.54, 1.807) is 0 Å². The van der Waals surface area contributed by atoms with Gasteiger partial charge in [-0.2, -0.15) is 0 Å². The van der Waals surface area contributed by atoms with Crippen LogP contribution < -0.4 is 5.32 Å². The molecule has 0 aliphatic heterocycles. The molecule has 96 valence electrons. The number of benzene rings is 1. The fraction of sp³-hybridized carbons (Fsp3) is 0.600. The zero-order chi connectivity index (χ0) is 12.5. The predicted molar refractivity (Wildman–Crippen MR) is 73.2 cm³/mol. The van der Waals surface area contributed by atoms with Gasteiger partial charge in [-0.3, -0.25) is 0 Å². The molecule has 17 heavy (non-hydrogen) atoms. The standard InChI is InChI=1S/C15H25NO/c1-4-15(5-2)16-11-12-17-13(3)14-9-7-6-8-10-14/h6-10,13,15-16H,4-5,11-12H2,1-3H3. The van der Waals surface area contributed by atoms with Gasteiger partial charge in [0.2, 0.25) is 0 Å². The van der Waals surface area contributed by atoms with Crippen LogP contribution in [0.1, 0.15) is 45.3 Å². The van der Waals surface area contributed by atoms with Crippen LogP contribution in [0, 0.1) is 0 Å². The molecule has 2 heteroatoms. The Labute approximate surface area is 105 Å². The van der Waals surface area contributed by atoms with Gasteiger partial charge in [-0.15, -0.1) is 0 Å². The summed E-state index contributed by atoms with van der Waals surface area (Å²) in [5.74, 6) is 0. The molecule has 0 radical (unpaired) electrons. The summed E-state index contributed by atoms with van der Waals surface area (Å²) in [6, 6.07) is 11.0. The average Bonchev–Trinajstić information content (AvgIpc) is 2.40. The van der Waals surface area contributed by atoms with Crippen LogP contribution in [0.25, 0.3) is 0 Å². The van der Waals surface area contributed by atoms with Gasteiger partial charge in [0.1, 0.15) is 0 Å². The van der Waals surface area contributed by atoms with Crippen molar-refractivity contribution in [1.29, 1.82) is 0 Å². The number of rotatable bonds is 8. The van der Waals surface area contributed by atoms with Crippen molar-refractivity contribution in [1.82, 2.24) is 5.32 Å². The minimum Gasteiger partial charge on any atom is -0.373 e. The maximum atomic E-state index is 5.80. The fourth-order valence-electron chi connectivity index (χ4n) is 1.90. The van der Waals surface area contributed by atoms with Crippen molar-refractivity contribution in [2.75, 3.05) is 13.2 Å². The average molecular weight is 235 g/mol. The molecule has 0 saturated heterocycles. The molecule has 2 nitrogen and oxygen atoms in total. The lowest BCUT2D eigenvalue weighted by Crippen LogP contribution is -2.31. The van der Waals surface area contributed by atoms with Crippen molar-refractivity contribution in [2.24, 2.45) is 0 Å². The van der Waals surface area contributed by atoms with E-state index in [1.165, 1.54) is 18.4 Å². The molecule has 0 bridgehead atoms. The quantitative estimate of drug-likeness (QED) is 0.696. The lowest BCUT2D eigenvalue weighted by Gasteiger charge is -2.17. The van der Waals surface area contributed by atoms with E-state index in [1.807, 2.05) is 6.07 Å². The smallest absolute Gasteiger partial charge is 0.0797 e. The highest BCUT2D eigenvalue weighted by Crippen LogP contribution is 2.15. The Bertz CT molecular complexity index is 282. The molecule has 0 aromatic heterocycles. The minimum absolute atomic E-state index is 0.180. The molecule has 0 aliphatic rings. The summed E-state index contributed by atoms with van der Waals surface area (Å²) in [4.78, 5) is 0. The Morgan fingerprint density at radius 3 is 2.35 bits per heavy atom. The lowest BCUT2D eigenvalue weighted by atomic mass is 10.1. The summed E-state index contributed by atoms with van der Waals surface area (Å²) < 4.78 is 5.80. The Balaban J connectivity index is 2.19. The van der Waals surface area contributed by atoms with E-state index < -0.39 is 0 Å². The van der Waals surface area contributed by atoms with Crippen LogP contribution in [0.5, 0.6) is 0 Å². The molecule has 1 N–H and O–H groups in total. The van der Waals surface area contributed by atoms with Gasteiger partial charge in [0.25, 0.3) is 0 Å². The second-order valence-electron chi connectivity index (χ2n) is 4.39. The highest BCUT2D eigenvalue weighted by atomic mass is 16.5. The zero-order valence-corrected chi connectivity index (χ0v) is 11.3. The Morgan fingerprint density at radius 1 is 1.12 bits per heavy atom. The zero-order valence-electron chi connectivity index (χ0n) is 11.3. The summed E-state index contributed by atoms with van der Waals surface area (Å²) in [5, 5.41) is 3.50. The van der Waals surface area contributed by atoms with Crippen molar-refractivity contribution < 1.29 is 4.74 Å². The summed E-state index contributed by atoms with van der Waals surface area (Å²) in [5.41, 5.74) is 1.25. The van der Waals surface area contributed by atoms with Crippen LogP contribution in [0.15, 0.2) is 30.3 Å². The number of hydrogen-bond donors (Lipinski definition) is 1. The summed E-state index contributed by atoms with van der Waals surface area (Å²) in [6.45, 7) is 8.24. The molecular weight excluding hydrogens is 210 g/mol. The van der Waals surface area contributed by atoms with Crippen LogP contribution in [0.2, 0.25) is 0 Å². The topological polar surface area (TPSA) is 21.3 Å².